The largest absolute Gasteiger partial charge is 0.291 e. The maximum Gasteiger partial charge on any atom is 0.252 e. The first kappa shape index (κ1) is 18.6. The number of amides is 2. The van der Waals surface area contributed by atoms with Gasteiger partial charge in [0.1, 0.15) is 0 Å². The lowest BCUT2D eigenvalue weighted by Gasteiger charge is -2.09. The number of nitrogens with one attached hydrogen (secondary N) is 6. The van der Waals surface area contributed by atoms with Crippen LogP contribution in [0, 0.1) is 13.8 Å². The van der Waals surface area contributed by atoms with Gasteiger partial charge < -0.3 is 0 Å². The van der Waals surface area contributed by atoms with Gasteiger partial charge in [-0.15, -0.1) is 0 Å². The summed E-state index contributed by atoms with van der Waals surface area (Å²) in [6.07, 6.45) is -0.233. The zero-order chi connectivity index (χ0) is 19.1. The smallest absolute Gasteiger partial charge is 0.252 e. The number of aromatic nitrogens is 4. The van der Waals surface area contributed by atoms with E-state index in [1.807, 2.05) is 0 Å². The fourth-order valence-corrected chi connectivity index (χ4v) is 1.89. The lowest BCUT2D eigenvalue weighted by atomic mass is 10.3. The third kappa shape index (κ3) is 6.07. The molecule has 2 amide bonds. The van der Waals surface area contributed by atoms with Crippen molar-refractivity contribution >= 4 is 23.7 Å². The fraction of sp³-hybridized carbons (Fsp3) is 0.286. The van der Waals surface area contributed by atoms with Crippen LogP contribution >= 0.6 is 0 Å². The van der Waals surface area contributed by atoms with Crippen molar-refractivity contribution in [3.05, 3.63) is 44.2 Å². The first-order valence-electron chi connectivity index (χ1n) is 7.57. The molecule has 12 nitrogen and oxygen atoms in total. The molecule has 6 N–H and O–H groups in total. The van der Waals surface area contributed by atoms with Crippen molar-refractivity contribution < 1.29 is 9.59 Å². The minimum atomic E-state index is -0.480. The molecule has 0 saturated heterocycles. The van der Waals surface area contributed by atoms with Crippen molar-refractivity contribution in [2.24, 2.45) is 0 Å². The summed E-state index contributed by atoms with van der Waals surface area (Å²) in [5, 5.41) is 0. The van der Waals surface area contributed by atoms with E-state index in [0.29, 0.717) is 11.4 Å². The molecule has 2 aromatic heterocycles. The molecular formula is C14H18N8O4. The van der Waals surface area contributed by atoms with Crippen LogP contribution in [-0.2, 0) is 9.59 Å². The normalized spacial score (nSPS) is 10.1. The Morgan fingerprint density at radius 2 is 1.23 bits per heavy atom. The molecule has 0 aliphatic heterocycles. The number of hydrazine groups is 2. The number of hydrogen-bond donors (Lipinski definition) is 6. The average molecular weight is 362 g/mol. The molecule has 2 aromatic rings. The summed E-state index contributed by atoms with van der Waals surface area (Å²) in [5.74, 6) is -0.786. The maximum absolute atomic E-state index is 11.7. The highest BCUT2D eigenvalue weighted by molar-refractivity contribution is 5.84. The number of carbonyl (C=O) groups is 2. The van der Waals surface area contributed by atoms with E-state index in [9.17, 15) is 19.2 Å². The molecule has 138 valence electrons. The first-order valence-corrected chi connectivity index (χ1v) is 7.57. The highest BCUT2D eigenvalue weighted by Crippen LogP contribution is 1.96. The summed E-state index contributed by atoms with van der Waals surface area (Å²) in [4.78, 5) is 58.7. The van der Waals surface area contributed by atoms with Crippen molar-refractivity contribution in [2.45, 2.75) is 26.7 Å². The molecule has 0 radical (unpaired) electrons. The Kier molecular flexibility index (Phi) is 6.03. The van der Waals surface area contributed by atoms with Crippen LogP contribution in [0.3, 0.4) is 0 Å². The van der Waals surface area contributed by atoms with Gasteiger partial charge in [0.05, 0.1) is 0 Å². The van der Waals surface area contributed by atoms with E-state index < -0.39 is 11.8 Å². The van der Waals surface area contributed by atoms with Crippen LogP contribution in [0.5, 0.6) is 0 Å². The van der Waals surface area contributed by atoms with Crippen LogP contribution in [-0.4, -0.2) is 31.8 Å². The summed E-state index contributed by atoms with van der Waals surface area (Å²) in [6.45, 7) is 3.27. The van der Waals surface area contributed by atoms with E-state index >= 15 is 0 Å². The molecule has 0 aromatic carbocycles. The maximum atomic E-state index is 11.7. The van der Waals surface area contributed by atoms with Crippen LogP contribution in [0.25, 0.3) is 0 Å². The van der Waals surface area contributed by atoms with Gasteiger partial charge in [-0.05, 0) is 13.8 Å². The molecule has 2 rings (SSSR count). The van der Waals surface area contributed by atoms with Gasteiger partial charge in [-0.25, -0.2) is 9.97 Å². The fourth-order valence-electron chi connectivity index (χ4n) is 1.89. The second-order valence-corrected chi connectivity index (χ2v) is 5.32. The van der Waals surface area contributed by atoms with E-state index in [0.717, 1.165) is 0 Å². The predicted octanol–water partition coefficient (Wildman–Crippen LogP) is -1.16. The molecule has 26 heavy (non-hydrogen) atoms. The monoisotopic (exact) mass is 362 g/mol. The lowest BCUT2D eigenvalue weighted by Crippen LogP contribution is -2.34. The highest BCUT2D eigenvalue weighted by Gasteiger charge is 2.08. The van der Waals surface area contributed by atoms with Crippen molar-refractivity contribution in [3.8, 4) is 0 Å². The number of aryl methyl sites for hydroxylation is 2. The van der Waals surface area contributed by atoms with Gasteiger partial charge in [0, 0.05) is 36.4 Å². The molecule has 0 fully saturated rings. The number of H-pyrrole nitrogens is 2. The van der Waals surface area contributed by atoms with Gasteiger partial charge in [-0.3, -0.25) is 50.8 Å². The number of aromatic amines is 2. The molecule has 0 aliphatic carbocycles. The zero-order valence-electron chi connectivity index (χ0n) is 14.1. The van der Waals surface area contributed by atoms with Crippen LogP contribution in [0.2, 0.25) is 0 Å². The topological polar surface area (TPSA) is 174 Å². The second kappa shape index (κ2) is 8.41. The SMILES string of the molecule is Cc1cc(=O)[nH]c(NNC(=O)CCC(=O)NNc2nc(C)cc(=O)[nH]2)n1. The van der Waals surface area contributed by atoms with Crippen LogP contribution in [0.15, 0.2) is 21.7 Å². The Labute approximate surface area is 146 Å². The lowest BCUT2D eigenvalue weighted by molar-refractivity contribution is -0.125. The van der Waals surface area contributed by atoms with Crippen molar-refractivity contribution in [3.63, 3.8) is 0 Å². The predicted molar refractivity (Wildman–Crippen MR) is 92.0 cm³/mol. The molecule has 12 heteroatoms. The molecule has 0 bridgehead atoms. The van der Waals surface area contributed by atoms with E-state index in [2.05, 4.69) is 41.6 Å². The number of nitrogens with zero attached hydrogens (tertiary/aromatic N) is 2. The summed E-state index contributed by atoms with van der Waals surface area (Å²) < 4.78 is 0. The minimum Gasteiger partial charge on any atom is -0.291 e. The third-order valence-corrected chi connectivity index (χ3v) is 2.96. The van der Waals surface area contributed by atoms with E-state index in [4.69, 9.17) is 0 Å². The van der Waals surface area contributed by atoms with Crippen LogP contribution in [0.1, 0.15) is 24.2 Å². The number of rotatable bonds is 7. The van der Waals surface area contributed by atoms with Gasteiger partial charge >= 0.3 is 0 Å². The summed E-state index contributed by atoms with van der Waals surface area (Å²) >= 11 is 0. The van der Waals surface area contributed by atoms with E-state index in [-0.39, 0.29) is 35.9 Å². The van der Waals surface area contributed by atoms with Crippen molar-refractivity contribution in [1.82, 2.24) is 30.8 Å². The van der Waals surface area contributed by atoms with Gasteiger partial charge in [0.15, 0.2) is 0 Å². The molecule has 2 heterocycles. The van der Waals surface area contributed by atoms with Gasteiger partial charge in [-0.1, -0.05) is 0 Å². The standard InChI is InChI=1S/C14H18N8O4/c1-7-5-11(25)17-13(15-7)21-19-9(23)3-4-10(24)20-22-14-16-8(2)6-12(26)18-14/h5-6H,3-4H2,1-2H3,(H,19,23)(H,20,24)(H2,15,17,21,25)(H2,16,18,22,26). The number of carbonyl (C=O) groups excluding carboxylic acids is 2. The summed E-state index contributed by atoms with van der Waals surface area (Å²) in [7, 11) is 0. The average Bonchev–Trinajstić information content (AvgIpc) is 2.54. The van der Waals surface area contributed by atoms with E-state index in [1.54, 1.807) is 13.8 Å². The van der Waals surface area contributed by atoms with Gasteiger partial charge in [0.25, 0.3) is 11.1 Å². The molecule has 0 unspecified atom stereocenters. The summed E-state index contributed by atoms with van der Waals surface area (Å²) in [6, 6.07) is 2.61. The molecule has 0 spiro atoms. The molecule has 0 saturated carbocycles. The Morgan fingerprint density at radius 1 is 0.846 bits per heavy atom. The molecular weight excluding hydrogens is 344 g/mol. The Morgan fingerprint density at radius 3 is 1.58 bits per heavy atom. The minimum absolute atomic E-state index is 0.0870. The first-order chi connectivity index (χ1) is 12.3. The van der Waals surface area contributed by atoms with Gasteiger partial charge in [-0.2, -0.15) is 0 Å². The van der Waals surface area contributed by atoms with Crippen LogP contribution in [0.4, 0.5) is 11.9 Å². The molecule has 0 atom stereocenters. The van der Waals surface area contributed by atoms with Crippen molar-refractivity contribution in [2.75, 3.05) is 10.9 Å². The Hall–Kier alpha value is -3.70. The van der Waals surface area contributed by atoms with Crippen LogP contribution < -0.4 is 32.8 Å². The van der Waals surface area contributed by atoms with Crippen molar-refractivity contribution in [1.29, 1.82) is 0 Å². The Balaban J connectivity index is 1.73. The van der Waals surface area contributed by atoms with Gasteiger partial charge in [0.2, 0.25) is 23.7 Å². The zero-order valence-corrected chi connectivity index (χ0v) is 14.1. The molecule has 0 aliphatic rings. The summed E-state index contributed by atoms with van der Waals surface area (Å²) in [5.41, 5.74) is 9.80. The quantitative estimate of drug-likeness (QED) is 0.334. The van der Waals surface area contributed by atoms with E-state index in [1.165, 1.54) is 12.1 Å². The number of hydrogen-bond acceptors (Lipinski definition) is 8. The Bertz CT molecular complexity index is 844. The second-order valence-electron chi connectivity index (χ2n) is 5.32. The number of anilines is 2. The third-order valence-electron chi connectivity index (χ3n) is 2.96. The highest BCUT2D eigenvalue weighted by atomic mass is 16.2.